The van der Waals surface area contributed by atoms with E-state index in [0.717, 1.165) is 11.1 Å². The summed E-state index contributed by atoms with van der Waals surface area (Å²) in [6.07, 6.45) is -0.409. The fourth-order valence-corrected chi connectivity index (χ4v) is 2.29. The molecule has 2 rings (SSSR count). The number of hydrogen-bond donors (Lipinski definition) is 1. The van der Waals surface area contributed by atoms with Crippen molar-refractivity contribution in [3.8, 4) is 10.4 Å². The van der Waals surface area contributed by atoms with Gasteiger partial charge in [0.15, 0.2) is 0 Å². The van der Waals surface area contributed by atoms with Crippen LogP contribution in [-0.2, 0) is 0 Å². The molecule has 1 heterocycles. The average molecular weight is 204 g/mol. The molecule has 0 aliphatic heterocycles. The van der Waals surface area contributed by atoms with Gasteiger partial charge >= 0.3 is 0 Å². The van der Waals surface area contributed by atoms with Gasteiger partial charge in [-0.25, -0.2) is 0 Å². The third kappa shape index (κ3) is 1.72. The van der Waals surface area contributed by atoms with Crippen molar-refractivity contribution in [3.05, 3.63) is 47.3 Å². The van der Waals surface area contributed by atoms with E-state index in [1.165, 1.54) is 4.88 Å². The number of aliphatic hydroxyl groups is 1. The molecular formula is C12H12OS. The van der Waals surface area contributed by atoms with Gasteiger partial charge in [-0.05, 0) is 29.5 Å². The van der Waals surface area contributed by atoms with E-state index in [-0.39, 0.29) is 0 Å². The maximum absolute atomic E-state index is 9.61. The predicted molar refractivity (Wildman–Crippen MR) is 60.4 cm³/mol. The van der Waals surface area contributed by atoms with E-state index in [9.17, 15) is 5.11 Å². The molecule has 1 aromatic carbocycles. The van der Waals surface area contributed by atoms with Gasteiger partial charge in [0.2, 0.25) is 0 Å². The van der Waals surface area contributed by atoms with E-state index in [2.05, 4.69) is 6.07 Å². The Bertz CT molecular complexity index is 404. The van der Waals surface area contributed by atoms with Gasteiger partial charge in [-0.1, -0.05) is 30.3 Å². The number of aliphatic hydroxyl groups excluding tert-OH is 1. The summed E-state index contributed by atoms with van der Waals surface area (Å²) in [5, 5.41) is 11.7. The molecule has 0 amide bonds. The van der Waals surface area contributed by atoms with Crippen LogP contribution in [0.3, 0.4) is 0 Å². The maximum Gasteiger partial charge on any atom is 0.0768 e. The fourth-order valence-electron chi connectivity index (χ4n) is 1.52. The summed E-state index contributed by atoms with van der Waals surface area (Å²) < 4.78 is 0. The van der Waals surface area contributed by atoms with Crippen LogP contribution in [0, 0.1) is 0 Å². The predicted octanol–water partition coefficient (Wildman–Crippen LogP) is 3.47. The van der Waals surface area contributed by atoms with E-state index in [0.29, 0.717) is 0 Å². The lowest BCUT2D eigenvalue weighted by Crippen LogP contribution is -1.93. The number of hydrogen-bond acceptors (Lipinski definition) is 2. The average Bonchev–Trinajstić information content (AvgIpc) is 2.70. The Morgan fingerprint density at radius 1 is 1.14 bits per heavy atom. The molecule has 2 heteroatoms. The van der Waals surface area contributed by atoms with Crippen molar-refractivity contribution in [3.63, 3.8) is 0 Å². The van der Waals surface area contributed by atoms with Gasteiger partial charge in [0.25, 0.3) is 0 Å². The van der Waals surface area contributed by atoms with E-state index in [4.69, 9.17) is 0 Å². The minimum Gasteiger partial charge on any atom is -0.389 e. The second-order valence-corrected chi connectivity index (χ2v) is 4.19. The standard InChI is InChI=1S/C12H12OS/c1-9(13)10-5-2-3-6-11(10)12-7-4-8-14-12/h2-9,13H,1H3/t9-/m1/s1. The lowest BCUT2D eigenvalue weighted by atomic mass is 10.0. The molecule has 1 aromatic heterocycles. The lowest BCUT2D eigenvalue weighted by molar-refractivity contribution is 0.200. The SMILES string of the molecule is C[C@@H](O)c1ccccc1-c1cccs1. The van der Waals surface area contributed by atoms with Crippen molar-refractivity contribution in [2.24, 2.45) is 0 Å². The first-order valence-electron chi connectivity index (χ1n) is 4.60. The highest BCUT2D eigenvalue weighted by molar-refractivity contribution is 7.13. The molecule has 0 bridgehead atoms. The molecule has 14 heavy (non-hydrogen) atoms. The van der Waals surface area contributed by atoms with Crippen molar-refractivity contribution >= 4 is 11.3 Å². The molecule has 72 valence electrons. The van der Waals surface area contributed by atoms with Crippen molar-refractivity contribution in [2.75, 3.05) is 0 Å². The first kappa shape index (κ1) is 9.44. The van der Waals surface area contributed by atoms with Gasteiger partial charge in [0, 0.05) is 4.88 Å². The van der Waals surface area contributed by atoms with E-state index >= 15 is 0 Å². The lowest BCUT2D eigenvalue weighted by Gasteiger charge is -2.09. The highest BCUT2D eigenvalue weighted by Gasteiger charge is 2.08. The van der Waals surface area contributed by atoms with E-state index in [1.54, 1.807) is 18.3 Å². The molecule has 1 atom stereocenters. The smallest absolute Gasteiger partial charge is 0.0768 e. The topological polar surface area (TPSA) is 20.2 Å². The summed E-state index contributed by atoms with van der Waals surface area (Å²) in [6, 6.07) is 12.1. The summed E-state index contributed by atoms with van der Waals surface area (Å²) in [7, 11) is 0. The van der Waals surface area contributed by atoms with Crippen LogP contribution in [0.25, 0.3) is 10.4 Å². The molecular weight excluding hydrogens is 192 g/mol. The molecule has 0 aliphatic carbocycles. The summed E-state index contributed by atoms with van der Waals surface area (Å²) >= 11 is 1.70. The van der Waals surface area contributed by atoms with Crippen LogP contribution < -0.4 is 0 Å². The zero-order chi connectivity index (χ0) is 9.97. The van der Waals surface area contributed by atoms with Gasteiger partial charge in [0.05, 0.1) is 6.10 Å². The van der Waals surface area contributed by atoms with Crippen LogP contribution in [0.5, 0.6) is 0 Å². The van der Waals surface area contributed by atoms with Gasteiger partial charge in [-0.15, -0.1) is 11.3 Å². The van der Waals surface area contributed by atoms with Crippen LogP contribution in [-0.4, -0.2) is 5.11 Å². The Kier molecular flexibility index (Phi) is 2.66. The van der Waals surface area contributed by atoms with Crippen LogP contribution in [0.2, 0.25) is 0 Å². The first-order valence-corrected chi connectivity index (χ1v) is 5.48. The minimum atomic E-state index is -0.409. The molecule has 1 nitrogen and oxygen atoms in total. The van der Waals surface area contributed by atoms with E-state index < -0.39 is 6.10 Å². The van der Waals surface area contributed by atoms with Crippen LogP contribution in [0.1, 0.15) is 18.6 Å². The normalized spacial score (nSPS) is 12.7. The Hall–Kier alpha value is -1.12. The molecule has 0 saturated carbocycles. The Labute approximate surface area is 87.7 Å². The molecule has 0 spiro atoms. The van der Waals surface area contributed by atoms with Crippen LogP contribution >= 0.6 is 11.3 Å². The van der Waals surface area contributed by atoms with Gasteiger partial charge in [-0.3, -0.25) is 0 Å². The third-order valence-corrected chi connectivity index (χ3v) is 3.10. The van der Waals surface area contributed by atoms with E-state index in [1.807, 2.05) is 35.7 Å². The van der Waals surface area contributed by atoms with Crippen molar-refractivity contribution in [1.29, 1.82) is 0 Å². The van der Waals surface area contributed by atoms with Gasteiger partial charge < -0.3 is 5.11 Å². The Morgan fingerprint density at radius 3 is 2.57 bits per heavy atom. The highest BCUT2D eigenvalue weighted by Crippen LogP contribution is 2.30. The molecule has 0 unspecified atom stereocenters. The molecule has 0 fully saturated rings. The zero-order valence-corrected chi connectivity index (χ0v) is 8.79. The maximum atomic E-state index is 9.61. The minimum absolute atomic E-state index is 0.409. The molecule has 0 radical (unpaired) electrons. The third-order valence-electron chi connectivity index (χ3n) is 2.20. The molecule has 2 aromatic rings. The monoisotopic (exact) mass is 204 g/mol. The zero-order valence-electron chi connectivity index (χ0n) is 7.97. The summed E-state index contributed by atoms with van der Waals surface area (Å²) in [6.45, 7) is 1.80. The van der Waals surface area contributed by atoms with Crippen molar-refractivity contribution < 1.29 is 5.11 Å². The quantitative estimate of drug-likeness (QED) is 0.794. The first-order chi connectivity index (χ1) is 6.79. The number of rotatable bonds is 2. The molecule has 0 aliphatic rings. The van der Waals surface area contributed by atoms with Gasteiger partial charge in [-0.2, -0.15) is 0 Å². The molecule has 1 N–H and O–H groups in total. The van der Waals surface area contributed by atoms with Crippen LogP contribution in [0.15, 0.2) is 41.8 Å². The second-order valence-electron chi connectivity index (χ2n) is 3.24. The van der Waals surface area contributed by atoms with Crippen LogP contribution in [0.4, 0.5) is 0 Å². The summed E-state index contributed by atoms with van der Waals surface area (Å²) in [5.41, 5.74) is 2.13. The number of thiophene rings is 1. The van der Waals surface area contributed by atoms with Crippen molar-refractivity contribution in [1.82, 2.24) is 0 Å². The Morgan fingerprint density at radius 2 is 1.93 bits per heavy atom. The summed E-state index contributed by atoms with van der Waals surface area (Å²) in [5.74, 6) is 0. The second kappa shape index (κ2) is 3.95. The largest absolute Gasteiger partial charge is 0.389 e. The Balaban J connectivity index is 2.53. The number of benzene rings is 1. The fraction of sp³-hybridized carbons (Fsp3) is 0.167. The molecule has 0 saturated heterocycles. The van der Waals surface area contributed by atoms with Crippen molar-refractivity contribution in [2.45, 2.75) is 13.0 Å². The van der Waals surface area contributed by atoms with Gasteiger partial charge in [0.1, 0.15) is 0 Å². The highest BCUT2D eigenvalue weighted by atomic mass is 32.1. The summed E-state index contributed by atoms with van der Waals surface area (Å²) in [4.78, 5) is 1.21.